The van der Waals surface area contributed by atoms with E-state index in [0.29, 0.717) is 0 Å². The quantitative estimate of drug-likeness (QED) is 0.327. The number of rotatable bonds is 5. The van der Waals surface area contributed by atoms with Gasteiger partial charge in [-0.05, 0) is 18.2 Å². The zero-order chi connectivity index (χ0) is 12.0. The van der Waals surface area contributed by atoms with Crippen molar-refractivity contribution in [2.24, 2.45) is 0 Å². The summed E-state index contributed by atoms with van der Waals surface area (Å²) in [6, 6.07) is 3.56. The smallest absolute Gasteiger partial charge is 0.338 e. The Hall–Kier alpha value is -2.24. The second-order valence-electron chi connectivity index (χ2n) is 2.81. The van der Waals surface area contributed by atoms with Gasteiger partial charge in [0.15, 0.2) is 11.5 Å². The van der Waals surface area contributed by atoms with Crippen molar-refractivity contribution in [3.8, 4) is 11.5 Å². The molecule has 0 heterocycles. The van der Waals surface area contributed by atoms with Gasteiger partial charge in [-0.15, -0.1) is 0 Å². The number of esters is 1. The molecule has 0 amide bonds. The monoisotopic (exact) mass is 226 g/mol. The third-order valence-electron chi connectivity index (χ3n) is 1.71. The van der Waals surface area contributed by atoms with Crippen LogP contribution in [0.5, 0.6) is 11.5 Å². The van der Waals surface area contributed by atoms with Gasteiger partial charge in [-0.3, -0.25) is 4.79 Å². The summed E-state index contributed by atoms with van der Waals surface area (Å²) in [6.07, 6.45) is 0. The van der Waals surface area contributed by atoms with E-state index in [1.165, 1.54) is 12.1 Å². The number of hydrogen-bond acceptors (Lipinski definition) is 6. The molecule has 86 valence electrons. The highest BCUT2D eigenvalue weighted by Crippen LogP contribution is 2.24. The SMILES string of the molecule is O=COCCOC(=O)c1ccc(O)c(O)c1. The van der Waals surface area contributed by atoms with Crippen molar-refractivity contribution >= 4 is 12.4 Å². The van der Waals surface area contributed by atoms with Crippen LogP contribution in [0.2, 0.25) is 0 Å². The summed E-state index contributed by atoms with van der Waals surface area (Å²) in [6.45, 7) is 0.152. The largest absolute Gasteiger partial charge is 0.504 e. The van der Waals surface area contributed by atoms with Crippen molar-refractivity contribution in [2.75, 3.05) is 13.2 Å². The molecule has 0 spiro atoms. The van der Waals surface area contributed by atoms with E-state index in [0.717, 1.165) is 6.07 Å². The molecule has 0 atom stereocenters. The van der Waals surface area contributed by atoms with Crippen LogP contribution in [-0.2, 0) is 14.3 Å². The van der Waals surface area contributed by atoms with Gasteiger partial charge in [-0.2, -0.15) is 0 Å². The maximum absolute atomic E-state index is 11.3. The molecule has 0 unspecified atom stereocenters. The zero-order valence-corrected chi connectivity index (χ0v) is 8.25. The van der Waals surface area contributed by atoms with Crippen LogP contribution in [0.3, 0.4) is 0 Å². The summed E-state index contributed by atoms with van der Waals surface area (Å²) < 4.78 is 9.02. The van der Waals surface area contributed by atoms with E-state index >= 15 is 0 Å². The standard InChI is InChI=1S/C10H10O6/c11-6-15-3-4-16-10(14)7-1-2-8(12)9(13)5-7/h1-2,5-6,12-13H,3-4H2. The summed E-state index contributed by atoms with van der Waals surface area (Å²) in [5.41, 5.74) is 0.0985. The highest BCUT2D eigenvalue weighted by atomic mass is 16.6. The molecule has 0 aliphatic carbocycles. The predicted molar refractivity (Wildman–Crippen MR) is 52.1 cm³/mol. The van der Waals surface area contributed by atoms with Gasteiger partial charge < -0.3 is 19.7 Å². The number of phenolic OH excluding ortho intramolecular Hbond substituents is 2. The number of benzene rings is 1. The van der Waals surface area contributed by atoms with E-state index < -0.39 is 11.7 Å². The molecule has 1 aromatic carbocycles. The Morgan fingerprint density at radius 2 is 2.00 bits per heavy atom. The number of carbonyl (C=O) groups is 2. The van der Waals surface area contributed by atoms with Crippen molar-refractivity contribution < 1.29 is 29.3 Å². The minimum atomic E-state index is -0.676. The molecule has 0 aromatic heterocycles. The molecule has 0 aliphatic rings. The maximum Gasteiger partial charge on any atom is 0.338 e. The van der Waals surface area contributed by atoms with E-state index in [1.807, 2.05) is 0 Å². The minimum absolute atomic E-state index is 0.0285. The fourth-order valence-electron chi connectivity index (χ4n) is 0.964. The van der Waals surface area contributed by atoms with Crippen LogP contribution in [0.1, 0.15) is 10.4 Å². The van der Waals surface area contributed by atoms with Crippen molar-refractivity contribution in [3.63, 3.8) is 0 Å². The summed E-state index contributed by atoms with van der Waals surface area (Å²) >= 11 is 0. The second kappa shape index (κ2) is 5.59. The molecular weight excluding hydrogens is 216 g/mol. The first-order chi connectivity index (χ1) is 7.65. The van der Waals surface area contributed by atoms with Crippen LogP contribution >= 0.6 is 0 Å². The van der Waals surface area contributed by atoms with Crippen LogP contribution in [0.4, 0.5) is 0 Å². The average molecular weight is 226 g/mol. The van der Waals surface area contributed by atoms with Crippen LogP contribution in [0, 0.1) is 0 Å². The number of aromatic hydroxyl groups is 2. The lowest BCUT2D eigenvalue weighted by Gasteiger charge is -2.04. The first kappa shape index (κ1) is 11.8. The van der Waals surface area contributed by atoms with Gasteiger partial charge in [-0.1, -0.05) is 0 Å². The molecule has 1 rings (SSSR count). The number of ether oxygens (including phenoxy) is 2. The molecule has 0 radical (unpaired) electrons. The predicted octanol–water partition coefficient (Wildman–Crippen LogP) is 0.428. The first-order valence-electron chi connectivity index (χ1n) is 4.39. The Labute approximate surface area is 91.0 Å². The molecule has 0 saturated carbocycles. The lowest BCUT2D eigenvalue weighted by molar-refractivity contribution is -0.129. The van der Waals surface area contributed by atoms with Gasteiger partial charge >= 0.3 is 5.97 Å². The van der Waals surface area contributed by atoms with Crippen molar-refractivity contribution in [1.29, 1.82) is 0 Å². The fourth-order valence-corrected chi connectivity index (χ4v) is 0.964. The summed E-state index contributed by atoms with van der Waals surface area (Å²) in [5.74, 6) is -1.40. The number of hydrogen-bond donors (Lipinski definition) is 2. The molecule has 0 saturated heterocycles. The molecule has 6 nitrogen and oxygen atoms in total. The van der Waals surface area contributed by atoms with Crippen LogP contribution < -0.4 is 0 Å². The van der Waals surface area contributed by atoms with Crippen LogP contribution in [0.25, 0.3) is 0 Å². The first-order valence-corrected chi connectivity index (χ1v) is 4.39. The number of carbonyl (C=O) groups excluding carboxylic acids is 2. The van der Waals surface area contributed by atoms with Crippen molar-refractivity contribution in [3.05, 3.63) is 23.8 Å². The maximum atomic E-state index is 11.3. The summed E-state index contributed by atoms with van der Waals surface area (Å²) in [5, 5.41) is 18.1. The van der Waals surface area contributed by atoms with E-state index in [4.69, 9.17) is 14.9 Å². The highest BCUT2D eigenvalue weighted by molar-refractivity contribution is 5.90. The summed E-state index contributed by atoms with van der Waals surface area (Å²) in [7, 11) is 0. The van der Waals surface area contributed by atoms with Gasteiger partial charge in [-0.25, -0.2) is 4.79 Å². The van der Waals surface area contributed by atoms with Crippen LogP contribution in [-0.4, -0.2) is 35.9 Å². The van der Waals surface area contributed by atoms with E-state index in [1.54, 1.807) is 0 Å². The average Bonchev–Trinajstić information content (AvgIpc) is 2.28. The normalized spacial score (nSPS) is 9.50. The molecule has 1 aromatic rings. The van der Waals surface area contributed by atoms with E-state index in [-0.39, 0.29) is 31.0 Å². The molecule has 0 fully saturated rings. The lowest BCUT2D eigenvalue weighted by Crippen LogP contribution is -2.10. The highest BCUT2D eigenvalue weighted by Gasteiger charge is 2.09. The fraction of sp³-hybridized carbons (Fsp3) is 0.200. The Balaban J connectivity index is 2.52. The topological polar surface area (TPSA) is 93.1 Å². The van der Waals surface area contributed by atoms with Crippen molar-refractivity contribution in [2.45, 2.75) is 0 Å². The molecule has 2 N–H and O–H groups in total. The van der Waals surface area contributed by atoms with Gasteiger partial charge in [0.05, 0.1) is 5.56 Å². The number of phenols is 2. The third-order valence-corrected chi connectivity index (χ3v) is 1.71. The second-order valence-corrected chi connectivity index (χ2v) is 2.81. The van der Waals surface area contributed by atoms with Gasteiger partial charge in [0, 0.05) is 0 Å². The lowest BCUT2D eigenvalue weighted by atomic mass is 10.2. The van der Waals surface area contributed by atoms with Gasteiger partial charge in [0.25, 0.3) is 6.47 Å². The Morgan fingerprint density at radius 1 is 1.25 bits per heavy atom. The Kier molecular flexibility index (Phi) is 4.14. The van der Waals surface area contributed by atoms with E-state index in [9.17, 15) is 9.59 Å². The summed E-state index contributed by atoms with van der Waals surface area (Å²) in [4.78, 5) is 21.1. The molecule has 16 heavy (non-hydrogen) atoms. The minimum Gasteiger partial charge on any atom is -0.504 e. The van der Waals surface area contributed by atoms with Crippen molar-refractivity contribution in [1.82, 2.24) is 0 Å². The zero-order valence-electron chi connectivity index (χ0n) is 8.25. The molecule has 6 heteroatoms. The Bertz CT molecular complexity index is 387. The molecule has 0 bridgehead atoms. The molecule has 0 aliphatic heterocycles. The third kappa shape index (κ3) is 3.16. The van der Waals surface area contributed by atoms with Gasteiger partial charge in [0.1, 0.15) is 13.2 Å². The van der Waals surface area contributed by atoms with Crippen LogP contribution in [0.15, 0.2) is 18.2 Å². The Morgan fingerprint density at radius 3 is 2.62 bits per heavy atom. The van der Waals surface area contributed by atoms with E-state index in [2.05, 4.69) is 4.74 Å². The van der Waals surface area contributed by atoms with Gasteiger partial charge in [0.2, 0.25) is 0 Å². The molecular formula is C10H10O6.